The molecule has 3 rings (SSSR count). The minimum atomic E-state index is 0.521. The third-order valence-electron chi connectivity index (χ3n) is 4.72. The van der Waals surface area contributed by atoms with Crippen LogP contribution in [0.25, 0.3) is 11.0 Å². The average Bonchev–Trinajstić information content (AvgIpc) is 2.88. The van der Waals surface area contributed by atoms with Crippen LogP contribution in [-0.2, 0) is 0 Å². The zero-order valence-corrected chi connectivity index (χ0v) is 12.9. The molecule has 0 amide bonds. The summed E-state index contributed by atoms with van der Waals surface area (Å²) in [7, 11) is 0. The Bertz CT molecular complexity index is 658. The van der Waals surface area contributed by atoms with E-state index in [1.807, 2.05) is 12.1 Å². The molecule has 3 unspecified atom stereocenters. The summed E-state index contributed by atoms with van der Waals surface area (Å²) < 4.78 is 3.13. The molecule has 1 aliphatic carbocycles. The molecule has 1 fully saturated rings. The van der Waals surface area contributed by atoms with E-state index in [1.165, 1.54) is 24.8 Å². The summed E-state index contributed by atoms with van der Waals surface area (Å²) in [5, 5.41) is 0.752. The Labute approximate surface area is 123 Å². The lowest BCUT2D eigenvalue weighted by atomic mass is 9.93. The smallest absolute Gasteiger partial charge is 0.178 e. The van der Waals surface area contributed by atoms with E-state index >= 15 is 0 Å². The van der Waals surface area contributed by atoms with Gasteiger partial charge in [-0.1, -0.05) is 31.9 Å². The molecule has 1 aliphatic rings. The van der Waals surface area contributed by atoms with Crippen molar-refractivity contribution < 1.29 is 0 Å². The van der Waals surface area contributed by atoms with E-state index in [-0.39, 0.29) is 0 Å². The van der Waals surface area contributed by atoms with E-state index in [9.17, 15) is 0 Å². The normalized spacial score (nSPS) is 27.2. The summed E-state index contributed by atoms with van der Waals surface area (Å²) in [6.07, 6.45) is 3.80. The van der Waals surface area contributed by atoms with E-state index in [0.717, 1.165) is 21.2 Å². The number of hydrogen-bond donors (Lipinski definition) is 1. The number of benzene rings is 1. The zero-order chi connectivity index (χ0) is 13.6. The summed E-state index contributed by atoms with van der Waals surface area (Å²) in [6.45, 7) is 4.65. The molecule has 2 nitrogen and oxygen atoms in total. The molecule has 1 saturated carbocycles. The first kappa shape index (κ1) is 13.2. The molecule has 0 bridgehead atoms. The fourth-order valence-corrected chi connectivity index (χ4v) is 4.11. The molecule has 0 spiro atoms. The van der Waals surface area contributed by atoms with Crippen molar-refractivity contribution in [3.8, 4) is 0 Å². The Kier molecular flexibility index (Phi) is 3.44. The number of aromatic nitrogens is 2. The molecule has 102 valence electrons. The van der Waals surface area contributed by atoms with Crippen molar-refractivity contribution in [3.05, 3.63) is 28.0 Å². The van der Waals surface area contributed by atoms with Gasteiger partial charge in [0.2, 0.25) is 0 Å². The molecule has 1 N–H and O–H groups in total. The maximum atomic E-state index is 6.05. The fraction of sp³-hybridized carbons (Fsp3) is 0.533. The molecule has 1 aromatic carbocycles. The molecule has 0 saturated heterocycles. The van der Waals surface area contributed by atoms with E-state index in [2.05, 4.69) is 29.5 Å². The molecule has 0 aliphatic heterocycles. The molecule has 0 radical (unpaired) electrons. The van der Waals surface area contributed by atoms with Crippen LogP contribution in [0.2, 0.25) is 5.02 Å². The quantitative estimate of drug-likeness (QED) is 0.741. The standard InChI is InChI=1S/C15H19ClN2S/c1-3-10-4-6-13(9(10)2)18-14-7-5-11(16)8-12(14)17-15(18)19/h5,7-10,13H,3-4,6H2,1-2H3,(H,17,19). The molecule has 19 heavy (non-hydrogen) atoms. The molecule has 3 atom stereocenters. The van der Waals surface area contributed by atoms with Crippen molar-refractivity contribution in [1.82, 2.24) is 9.55 Å². The lowest BCUT2D eigenvalue weighted by Crippen LogP contribution is -2.15. The maximum absolute atomic E-state index is 6.05. The Balaban J connectivity index is 2.11. The highest BCUT2D eigenvalue weighted by atomic mass is 35.5. The lowest BCUT2D eigenvalue weighted by Gasteiger charge is -2.21. The Morgan fingerprint density at radius 1 is 1.42 bits per heavy atom. The second-order valence-electron chi connectivity index (χ2n) is 5.63. The van der Waals surface area contributed by atoms with E-state index in [4.69, 9.17) is 23.8 Å². The van der Waals surface area contributed by atoms with Crippen LogP contribution in [-0.4, -0.2) is 9.55 Å². The first-order chi connectivity index (χ1) is 9.11. The van der Waals surface area contributed by atoms with Gasteiger partial charge in [-0.25, -0.2) is 0 Å². The van der Waals surface area contributed by atoms with Gasteiger partial charge in [-0.05, 0) is 55.1 Å². The van der Waals surface area contributed by atoms with Crippen LogP contribution in [0.15, 0.2) is 18.2 Å². The predicted octanol–water partition coefficient (Wildman–Crippen LogP) is 5.35. The first-order valence-corrected chi connectivity index (χ1v) is 7.80. The van der Waals surface area contributed by atoms with Crippen molar-refractivity contribution >= 4 is 34.9 Å². The number of halogens is 1. The number of fused-ring (bicyclic) bond motifs is 1. The summed E-state index contributed by atoms with van der Waals surface area (Å²) in [6, 6.07) is 6.50. The molecule has 1 aromatic heterocycles. The maximum Gasteiger partial charge on any atom is 0.178 e. The first-order valence-electron chi connectivity index (χ1n) is 7.01. The largest absolute Gasteiger partial charge is 0.331 e. The van der Waals surface area contributed by atoms with Gasteiger partial charge < -0.3 is 9.55 Å². The van der Waals surface area contributed by atoms with Crippen molar-refractivity contribution in [2.75, 3.05) is 0 Å². The number of hydrogen-bond acceptors (Lipinski definition) is 1. The van der Waals surface area contributed by atoms with Crippen LogP contribution < -0.4 is 0 Å². The average molecular weight is 295 g/mol. The summed E-state index contributed by atoms with van der Waals surface area (Å²) in [4.78, 5) is 3.29. The van der Waals surface area contributed by atoms with Crippen LogP contribution in [0.1, 0.15) is 39.2 Å². The van der Waals surface area contributed by atoms with Gasteiger partial charge in [0.15, 0.2) is 4.77 Å². The van der Waals surface area contributed by atoms with Gasteiger partial charge in [-0.2, -0.15) is 0 Å². The highest BCUT2D eigenvalue weighted by Crippen LogP contribution is 2.43. The number of nitrogens with zero attached hydrogens (tertiary/aromatic N) is 1. The summed E-state index contributed by atoms with van der Waals surface area (Å²) in [5.41, 5.74) is 2.23. The molecule has 2 aromatic rings. The van der Waals surface area contributed by atoms with Gasteiger partial charge in [0.05, 0.1) is 11.0 Å². The Hall–Kier alpha value is -0.800. The minimum Gasteiger partial charge on any atom is -0.331 e. The van der Waals surface area contributed by atoms with Gasteiger partial charge in [-0.3, -0.25) is 0 Å². The van der Waals surface area contributed by atoms with Crippen molar-refractivity contribution in [1.29, 1.82) is 0 Å². The van der Waals surface area contributed by atoms with E-state index < -0.39 is 0 Å². The zero-order valence-electron chi connectivity index (χ0n) is 11.3. The van der Waals surface area contributed by atoms with Gasteiger partial charge in [-0.15, -0.1) is 0 Å². The molecule has 4 heteroatoms. The third kappa shape index (κ3) is 2.13. The minimum absolute atomic E-state index is 0.521. The number of aromatic amines is 1. The monoisotopic (exact) mass is 294 g/mol. The van der Waals surface area contributed by atoms with Crippen LogP contribution in [0.4, 0.5) is 0 Å². The third-order valence-corrected chi connectivity index (χ3v) is 5.25. The number of nitrogens with one attached hydrogen (secondary N) is 1. The van der Waals surface area contributed by atoms with Gasteiger partial charge in [0, 0.05) is 11.1 Å². The number of imidazole rings is 1. The second-order valence-corrected chi connectivity index (χ2v) is 6.46. The van der Waals surface area contributed by atoms with E-state index in [1.54, 1.807) is 0 Å². The number of H-pyrrole nitrogens is 1. The van der Waals surface area contributed by atoms with Crippen LogP contribution >= 0.6 is 23.8 Å². The van der Waals surface area contributed by atoms with Crippen LogP contribution in [0.5, 0.6) is 0 Å². The van der Waals surface area contributed by atoms with Gasteiger partial charge >= 0.3 is 0 Å². The van der Waals surface area contributed by atoms with Gasteiger partial charge in [0.25, 0.3) is 0 Å². The second kappa shape index (κ2) is 4.95. The highest BCUT2D eigenvalue weighted by molar-refractivity contribution is 7.71. The Morgan fingerprint density at radius 2 is 2.21 bits per heavy atom. The predicted molar refractivity (Wildman–Crippen MR) is 83.3 cm³/mol. The topological polar surface area (TPSA) is 20.7 Å². The van der Waals surface area contributed by atoms with Crippen molar-refractivity contribution in [2.24, 2.45) is 11.8 Å². The van der Waals surface area contributed by atoms with Crippen molar-refractivity contribution in [2.45, 2.75) is 39.2 Å². The highest BCUT2D eigenvalue weighted by Gasteiger charge is 2.33. The molecule has 1 heterocycles. The lowest BCUT2D eigenvalue weighted by molar-refractivity contribution is 0.332. The Morgan fingerprint density at radius 3 is 2.89 bits per heavy atom. The molecular weight excluding hydrogens is 276 g/mol. The SMILES string of the molecule is CCC1CCC(n2c(=S)[nH]c3cc(Cl)ccc32)C1C. The van der Waals surface area contributed by atoms with Crippen molar-refractivity contribution in [3.63, 3.8) is 0 Å². The summed E-state index contributed by atoms with van der Waals surface area (Å²) >= 11 is 11.6. The van der Waals surface area contributed by atoms with Crippen LogP contribution in [0.3, 0.4) is 0 Å². The van der Waals surface area contributed by atoms with Crippen LogP contribution in [0, 0.1) is 16.6 Å². The number of rotatable bonds is 2. The van der Waals surface area contributed by atoms with E-state index in [0.29, 0.717) is 12.0 Å². The molecular formula is C15H19ClN2S. The summed E-state index contributed by atoms with van der Waals surface area (Å²) in [5.74, 6) is 1.51. The fourth-order valence-electron chi connectivity index (χ4n) is 3.60. The van der Waals surface area contributed by atoms with Gasteiger partial charge in [0.1, 0.15) is 0 Å².